The third kappa shape index (κ3) is 45.2. The first kappa shape index (κ1) is 35.6. The van der Waals surface area contributed by atoms with E-state index in [1.54, 1.807) is 13.8 Å². The fraction of sp³-hybridized carbons (Fsp3) is 0.875. The van der Waals surface area contributed by atoms with Gasteiger partial charge in [-0.2, -0.15) is 0 Å². The van der Waals surface area contributed by atoms with Crippen LogP contribution in [0, 0.1) is 0 Å². The Labute approximate surface area is 165 Å². The Kier molecular flexibility index (Phi) is 44.5. The zero-order valence-corrected chi connectivity index (χ0v) is 17.2. The van der Waals surface area contributed by atoms with Crippen LogP contribution in [-0.2, 0) is 31.3 Å². The van der Waals surface area contributed by atoms with Crippen LogP contribution in [0.25, 0.3) is 0 Å². The number of hydrogen-bond donors (Lipinski definition) is 2. The second-order valence-corrected chi connectivity index (χ2v) is 4.60. The van der Waals surface area contributed by atoms with Gasteiger partial charge in [-0.15, -0.1) is 13.2 Å². The maximum absolute atomic E-state index is 9.57. The average molecular weight is 400 g/mol. The van der Waals surface area contributed by atoms with Crippen LogP contribution in [-0.4, -0.2) is 47.6 Å². The van der Waals surface area contributed by atoms with Crippen molar-refractivity contribution in [2.24, 2.45) is 0 Å². The molecule has 2 N–H and O–H groups in total. The minimum Gasteiger partial charge on any atom is -0.854 e. The van der Waals surface area contributed by atoms with Gasteiger partial charge in [0.25, 0.3) is 0 Å². The van der Waals surface area contributed by atoms with Gasteiger partial charge in [0.1, 0.15) is 0 Å². The molecule has 0 aliphatic heterocycles. The molecule has 8 nitrogen and oxygen atoms in total. The summed E-state index contributed by atoms with van der Waals surface area (Å²) in [6, 6.07) is 0. The molecule has 0 heterocycles. The summed E-state index contributed by atoms with van der Waals surface area (Å²) in [7, 11) is 0. The van der Waals surface area contributed by atoms with Crippen LogP contribution in [0.3, 0.4) is 0 Å². The molecule has 0 rings (SSSR count). The first-order chi connectivity index (χ1) is 11.2. The van der Waals surface area contributed by atoms with Gasteiger partial charge in [-0.1, -0.05) is 53.4 Å². The molecule has 0 saturated heterocycles. The monoisotopic (exact) mass is 400 g/mol. The van der Waals surface area contributed by atoms with Crippen LogP contribution < -0.4 is 20.4 Å². The van der Waals surface area contributed by atoms with Crippen molar-refractivity contribution in [2.75, 3.05) is 13.2 Å². The molecule has 0 aromatic heterocycles. The van der Waals surface area contributed by atoms with Crippen molar-refractivity contribution in [1.29, 1.82) is 0 Å². The Morgan fingerprint density at radius 2 is 1.00 bits per heavy atom. The fourth-order valence-electron chi connectivity index (χ4n) is 0.622. The molecule has 0 aliphatic carbocycles. The topological polar surface area (TPSA) is 167 Å². The number of aliphatic hydroxyl groups excluding tert-OH is 2. The van der Waals surface area contributed by atoms with Crippen LogP contribution in [0.5, 0.6) is 0 Å². The number of carboxylic acid groups (broad SMARTS) is 2. The zero-order valence-electron chi connectivity index (χ0n) is 15.7. The zero-order chi connectivity index (χ0) is 20.0. The number of carboxylic acids is 2. The smallest absolute Gasteiger partial charge is 0.854 e. The predicted molar refractivity (Wildman–Crippen MR) is 82.2 cm³/mol. The molecule has 25 heavy (non-hydrogen) atoms. The van der Waals surface area contributed by atoms with E-state index in [1.165, 1.54) is 0 Å². The molecule has 0 aromatic carbocycles. The van der Waals surface area contributed by atoms with Gasteiger partial charge in [-0.05, 0) is 12.8 Å². The Morgan fingerprint density at radius 3 is 1.00 bits per heavy atom. The second-order valence-electron chi connectivity index (χ2n) is 4.60. The van der Waals surface area contributed by atoms with Crippen LogP contribution in [0.15, 0.2) is 0 Å². The standard InChI is InChI=1S/2C4H8O3.2C4H9O.Ti/c2*1-2-3(5)4(6)7;2*1-2-3-4-5;/h2*3,5H,2H2,1H3,(H,6,7);2*2-4H2,1H3;/q;;2*-1;+4/p-2. The number of rotatable bonds is 8. The SMILES string of the molecule is CCC(O)C(=O)[O-].CCC(O)C(=O)[O-].CCCC[O-].CCCC[O-].[Ti+4]. The molecule has 0 spiro atoms. The fourth-order valence-corrected chi connectivity index (χ4v) is 0.622. The summed E-state index contributed by atoms with van der Waals surface area (Å²) in [5.41, 5.74) is 0. The Balaban J connectivity index is -0.0000000711. The molecule has 0 aliphatic rings. The van der Waals surface area contributed by atoms with E-state index < -0.39 is 24.1 Å². The van der Waals surface area contributed by atoms with Crippen LogP contribution in [0.1, 0.15) is 66.2 Å². The molecule has 0 radical (unpaired) electrons. The number of unbranched alkanes of at least 4 members (excludes halogenated alkanes) is 2. The molecule has 2 atom stereocenters. The van der Waals surface area contributed by atoms with Crippen molar-refractivity contribution in [3.05, 3.63) is 0 Å². The molecule has 0 amide bonds. The first-order valence-electron chi connectivity index (χ1n) is 8.13. The molecular formula is C16H32O8Ti. The summed E-state index contributed by atoms with van der Waals surface area (Å²) in [5, 5.41) is 54.7. The van der Waals surface area contributed by atoms with Crippen molar-refractivity contribution in [2.45, 2.75) is 78.4 Å². The van der Waals surface area contributed by atoms with Crippen LogP contribution in [0.2, 0.25) is 0 Å². The minimum absolute atomic E-state index is 0. The number of aliphatic hydroxyl groups is 2. The maximum atomic E-state index is 9.57. The largest absolute Gasteiger partial charge is 4.00 e. The van der Waals surface area contributed by atoms with Gasteiger partial charge in [0.2, 0.25) is 0 Å². The summed E-state index contributed by atoms with van der Waals surface area (Å²) < 4.78 is 0. The van der Waals surface area contributed by atoms with E-state index in [-0.39, 0.29) is 47.8 Å². The van der Waals surface area contributed by atoms with Crippen LogP contribution >= 0.6 is 0 Å². The molecule has 2 unspecified atom stereocenters. The number of carbonyl (C=O) groups is 2. The van der Waals surface area contributed by atoms with Gasteiger partial charge >= 0.3 is 21.7 Å². The van der Waals surface area contributed by atoms with Gasteiger partial charge in [-0.3, -0.25) is 0 Å². The molecule has 0 saturated carbocycles. The predicted octanol–water partition coefficient (Wildman–Crippen LogP) is -2.69. The van der Waals surface area contributed by atoms with Crippen molar-refractivity contribution >= 4 is 11.9 Å². The molecule has 148 valence electrons. The van der Waals surface area contributed by atoms with Crippen molar-refractivity contribution in [1.82, 2.24) is 0 Å². The Hall–Kier alpha value is -0.506. The third-order valence-electron chi connectivity index (χ3n) is 2.31. The van der Waals surface area contributed by atoms with E-state index >= 15 is 0 Å². The van der Waals surface area contributed by atoms with E-state index in [1.807, 2.05) is 13.8 Å². The van der Waals surface area contributed by atoms with E-state index in [0.29, 0.717) is 0 Å². The summed E-state index contributed by atoms with van der Waals surface area (Å²) in [4.78, 5) is 19.1. The van der Waals surface area contributed by atoms with Crippen molar-refractivity contribution in [3.8, 4) is 0 Å². The van der Waals surface area contributed by atoms with E-state index in [2.05, 4.69) is 0 Å². The molecule has 0 aromatic rings. The van der Waals surface area contributed by atoms with Crippen molar-refractivity contribution in [3.63, 3.8) is 0 Å². The van der Waals surface area contributed by atoms with Gasteiger partial charge < -0.3 is 40.2 Å². The van der Waals surface area contributed by atoms with E-state index in [4.69, 9.17) is 10.2 Å². The summed E-state index contributed by atoms with van der Waals surface area (Å²) in [5.74, 6) is -2.80. The van der Waals surface area contributed by atoms with Gasteiger partial charge in [0, 0.05) is 0 Å². The van der Waals surface area contributed by atoms with E-state index in [9.17, 15) is 30.0 Å². The normalized spacial score (nSPS) is 10.9. The van der Waals surface area contributed by atoms with E-state index in [0.717, 1.165) is 25.7 Å². The van der Waals surface area contributed by atoms with Crippen LogP contribution in [0.4, 0.5) is 0 Å². The summed E-state index contributed by atoms with van der Waals surface area (Å²) in [6.07, 6.45) is 1.57. The van der Waals surface area contributed by atoms with Gasteiger partial charge in [-0.25, -0.2) is 0 Å². The van der Waals surface area contributed by atoms with Gasteiger partial charge in [0.05, 0.1) is 24.1 Å². The first-order valence-corrected chi connectivity index (χ1v) is 8.13. The quantitative estimate of drug-likeness (QED) is 0.415. The number of carbonyl (C=O) groups excluding carboxylic acids is 2. The second kappa shape index (κ2) is 31.3. The number of hydrogen-bond acceptors (Lipinski definition) is 8. The number of aliphatic carboxylic acids is 2. The molecule has 0 fully saturated rings. The average Bonchev–Trinajstić information content (AvgIpc) is 2.56. The molecule has 9 heteroatoms. The van der Waals surface area contributed by atoms with Crippen molar-refractivity contribution < 1.29 is 61.9 Å². The van der Waals surface area contributed by atoms with Gasteiger partial charge in [0.15, 0.2) is 0 Å². The third-order valence-corrected chi connectivity index (χ3v) is 2.31. The maximum Gasteiger partial charge on any atom is 4.00 e. The molecule has 0 bridgehead atoms. The Bertz CT molecular complexity index is 235. The summed E-state index contributed by atoms with van der Waals surface area (Å²) in [6.45, 7) is 7.35. The Morgan fingerprint density at radius 1 is 0.760 bits per heavy atom. The minimum atomic E-state index is -1.40. The molecular weight excluding hydrogens is 368 g/mol. The summed E-state index contributed by atoms with van der Waals surface area (Å²) >= 11 is 0.